The molecule has 0 fully saturated rings. The largest absolute Gasteiger partial charge is 0.244 e. The van der Waals surface area contributed by atoms with E-state index in [0.29, 0.717) is 11.0 Å². The van der Waals surface area contributed by atoms with Gasteiger partial charge in [-0.1, -0.05) is 23.4 Å². The minimum atomic E-state index is 0.361. The number of alkyl halides is 1. The molecule has 0 aliphatic heterocycles. The minimum Gasteiger partial charge on any atom is -0.244 e. The molecular formula is C9H6Cl2N2S2. The molecule has 0 spiro atoms. The van der Waals surface area contributed by atoms with Crippen LogP contribution in [0, 0.1) is 0 Å². The van der Waals surface area contributed by atoms with Crippen LogP contribution in [0.1, 0.15) is 5.56 Å². The minimum absolute atomic E-state index is 0.361. The predicted octanol–water partition coefficient (Wildman–Crippen LogP) is 4.08. The highest BCUT2D eigenvalue weighted by molar-refractivity contribution is 8.01. The van der Waals surface area contributed by atoms with Crippen molar-refractivity contribution in [1.82, 2.24) is 9.97 Å². The Morgan fingerprint density at radius 3 is 2.87 bits per heavy atom. The Morgan fingerprint density at radius 1 is 1.33 bits per heavy atom. The van der Waals surface area contributed by atoms with Crippen LogP contribution in [-0.4, -0.2) is 9.97 Å². The van der Waals surface area contributed by atoms with Crippen LogP contribution in [0.15, 0.2) is 33.1 Å². The van der Waals surface area contributed by atoms with E-state index in [0.717, 1.165) is 14.8 Å². The number of pyridine rings is 1. The second-order valence-electron chi connectivity index (χ2n) is 2.61. The first-order valence-corrected chi connectivity index (χ1v) is 6.69. The third kappa shape index (κ3) is 2.64. The van der Waals surface area contributed by atoms with Gasteiger partial charge >= 0.3 is 0 Å². The average molecular weight is 277 g/mol. The van der Waals surface area contributed by atoms with Crippen molar-refractivity contribution in [2.75, 3.05) is 0 Å². The average Bonchev–Trinajstić information content (AvgIpc) is 2.71. The molecule has 0 N–H and O–H groups in total. The molecule has 2 heterocycles. The van der Waals surface area contributed by atoms with Crippen LogP contribution < -0.4 is 0 Å². The van der Waals surface area contributed by atoms with Crippen molar-refractivity contribution in [3.8, 4) is 0 Å². The van der Waals surface area contributed by atoms with Gasteiger partial charge in [0, 0.05) is 28.2 Å². The normalized spacial score (nSPS) is 10.5. The first-order chi connectivity index (χ1) is 7.31. The predicted molar refractivity (Wildman–Crippen MR) is 65.0 cm³/mol. The van der Waals surface area contributed by atoms with Crippen LogP contribution in [0.4, 0.5) is 0 Å². The molecule has 0 aliphatic rings. The lowest BCUT2D eigenvalue weighted by molar-refractivity contribution is 1.15. The van der Waals surface area contributed by atoms with Crippen molar-refractivity contribution in [2.45, 2.75) is 15.1 Å². The fourth-order valence-corrected chi connectivity index (χ4v) is 3.43. The quantitative estimate of drug-likeness (QED) is 0.624. The summed E-state index contributed by atoms with van der Waals surface area (Å²) < 4.78 is 0.976. The van der Waals surface area contributed by atoms with Crippen molar-refractivity contribution >= 4 is 46.3 Å². The highest BCUT2D eigenvalue weighted by Crippen LogP contribution is 2.34. The summed E-state index contributed by atoms with van der Waals surface area (Å²) in [5.74, 6) is 0.361. The van der Waals surface area contributed by atoms with E-state index < -0.39 is 0 Å². The summed E-state index contributed by atoms with van der Waals surface area (Å²) in [6.07, 6.45) is 3.45. The van der Waals surface area contributed by atoms with Gasteiger partial charge in [-0.2, -0.15) is 0 Å². The van der Waals surface area contributed by atoms with E-state index in [-0.39, 0.29) is 0 Å². The van der Waals surface area contributed by atoms with Gasteiger partial charge in [0.1, 0.15) is 5.15 Å². The number of aromatic nitrogens is 2. The van der Waals surface area contributed by atoms with E-state index in [1.165, 1.54) is 0 Å². The molecule has 0 saturated carbocycles. The van der Waals surface area contributed by atoms with Crippen molar-refractivity contribution in [3.63, 3.8) is 0 Å². The Bertz CT molecular complexity index is 445. The molecule has 2 nitrogen and oxygen atoms in total. The zero-order chi connectivity index (χ0) is 10.7. The topological polar surface area (TPSA) is 25.8 Å². The molecule has 0 radical (unpaired) electrons. The molecule has 0 atom stereocenters. The highest BCUT2D eigenvalue weighted by Gasteiger charge is 2.09. The molecule has 2 aromatic rings. The Labute approximate surface area is 106 Å². The summed E-state index contributed by atoms with van der Waals surface area (Å²) in [6.45, 7) is 0. The zero-order valence-corrected chi connectivity index (χ0v) is 10.6. The molecule has 78 valence electrons. The Morgan fingerprint density at radius 2 is 2.20 bits per heavy atom. The number of rotatable bonds is 3. The Hall–Kier alpha value is -0.290. The Balaban J connectivity index is 2.32. The number of hydrogen-bond donors (Lipinski definition) is 0. The van der Waals surface area contributed by atoms with Gasteiger partial charge in [-0.25, -0.2) is 9.97 Å². The van der Waals surface area contributed by atoms with Crippen LogP contribution in [0.2, 0.25) is 5.15 Å². The number of nitrogens with zero attached hydrogens (tertiary/aromatic N) is 2. The van der Waals surface area contributed by atoms with E-state index in [1.54, 1.807) is 35.5 Å². The summed E-state index contributed by atoms with van der Waals surface area (Å²) in [5.41, 5.74) is 0.862. The molecule has 0 aliphatic carbocycles. The molecule has 2 aromatic heterocycles. The van der Waals surface area contributed by atoms with Crippen molar-refractivity contribution in [1.29, 1.82) is 0 Å². The van der Waals surface area contributed by atoms with E-state index in [9.17, 15) is 0 Å². The number of thiazole rings is 1. The van der Waals surface area contributed by atoms with Crippen molar-refractivity contribution < 1.29 is 0 Å². The SMILES string of the molecule is ClCc1c(Sc2nccs2)ccnc1Cl. The van der Waals surface area contributed by atoms with Crippen LogP contribution >= 0.6 is 46.3 Å². The lowest BCUT2D eigenvalue weighted by Gasteiger charge is -2.05. The molecule has 15 heavy (non-hydrogen) atoms. The molecule has 0 amide bonds. The number of hydrogen-bond acceptors (Lipinski definition) is 4. The summed E-state index contributed by atoms with van der Waals surface area (Å²) in [5, 5.41) is 2.40. The standard InChI is InChI=1S/C9H6Cl2N2S2/c10-5-6-7(1-2-12-8(6)11)15-9-13-3-4-14-9/h1-4H,5H2. The molecule has 0 bridgehead atoms. The highest BCUT2D eigenvalue weighted by atomic mass is 35.5. The van der Waals surface area contributed by atoms with E-state index in [1.807, 2.05) is 11.4 Å². The van der Waals surface area contributed by atoms with Gasteiger partial charge in [0.25, 0.3) is 0 Å². The molecule has 0 aromatic carbocycles. The maximum absolute atomic E-state index is 5.94. The summed E-state index contributed by atoms with van der Waals surface area (Å²) >= 11 is 14.9. The molecule has 0 saturated heterocycles. The van der Waals surface area contributed by atoms with Crippen LogP contribution in [0.3, 0.4) is 0 Å². The number of halogens is 2. The van der Waals surface area contributed by atoms with Crippen LogP contribution in [-0.2, 0) is 5.88 Å². The second kappa shape index (κ2) is 5.16. The summed E-state index contributed by atoms with van der Waals surface area (Å²) in [4.78, 5) is 9.20. The van der Waals surface area contributed by atoms with Crippen LogP contribution in [0.25, 0.3) is 0 Å². The lowest BCUT2D eigenvalue weighted by atomic mass is 10.3. The molecule has 2 rings (SSSR count). The molecule has 0 unspecified atom stereocenters. The van der Waals surface area contributed by atoms with Gasteiger partial charge in [0.2, 0.25) is 0 Å². The van der Waals surface area contributed by atoms with E-state index in [2.05, 4.69) is 9.97 Å². The van der Waals surface area contributed by atoms with E-state index in [4.69, 9.17) is 23.2 Å². The summed E-state index contributed by atoms with van der Waals surface area (Å²) in [7, 11) is 0. The van der Waals surface area contributed by atoms with Gasteiger partial charge in [-0.3, -0.25) is 0 Å². The monoisotopic (exact) mass is 276 g/mol. The third-order valence-corrected chi connectivity index (χ3v) is 4.28. The molecule has 6 heteroatoms. The van der Waals surface area contributed by atoms with Gasteiger partial charge in [-0.05, 0) is 6.07 Å². The zero-order valence-electron chi connectivity index (χ0n) is 7.48. The first-order valence-electron chi connectivity index (χ1n) is 4.08. The third-order valence-electron chi connectivity index (χ3n) is 1.70. The Kier molecular flexibility index (Phi) is 3.86. The fraction of sp³-hybridized carbons (Fsp3) is 0.111. The fourth-order valence-electron chi connectivity index (χ4n) is 1.02. The van der Waals surface area contributed by atoms with Crippen molar-refractivity contribution in [3.05, 3.63) is 34.6 Å². The van der Waals surface area contributed by atoms with Gasteiger partial charge in [0.15, 0.2) is 4.34 Å². The molecular weight excluding hydrogens is 271 g/mol. The first kappa shape index (κ1) is 11.2. The maximum Gasteiger partial charge on any atom is 0.154 e. The lowest BCUT2D eigenvalue weighted by Crippen LogP contribution is -1.88. The maximum atomic E-state index is 5.94. The van der Waals surface area contributed by atoms with Crippen LogP contribution in [0.5, 0.6) is 0 Å². The second-order valence-corrected chi connectivity index (χ2v) is 5.42. The van der Waals surface area contributed by atoms with E-state index >= 15 is 0 Å². The smallest absolute Gasteiger partial charge is 0.154 e. The van der Waals surface area contributed by atoms with Gasteiger partial charge < -0.3 is 0 Å². The van der Waals surface area contributed by atoms with Gasteiger partial charge in [0.05, 0.1) is 5.88 Å². The van der Waals surface area contributed by atoms with Gasteiger partial charge in [-0.15, -0.1) is 22.9 Å². The summed E-state index contributed by atoms with van der Waals surface area (Å²) in [6, 6.07) is 1.90. The van der Waals surface area contributed by atoms with Crippen molar-refractivity contribution in [2.24, 2.45) is 0 Å².